The summed E-state index contributed by atoms with van der Waals surface area (Å²) in [4.78, 5) is 4.40. The van der Waals surface area contributed by atoms with Crippen LogP contribution in [0.3, 0.4) is 0 Å². The second kappa shape index (κ2) is 7.80. The number of aliphatic hydroxyl groups excluding tert-OH is 2. The maximum Gasteiger partial charge on any atom is 0.122 e. The Morgan fingerprint density at radius 1 is 0.643 bits per heavy atom. The topological polar surface area (TPSA) is 58.3 Å². The first-order chi connectivity index (χ1) is 13.8. The van der Waals surface area contributed by atoms with E-state index in [2.05, 4.69) is 41.4 Å². The normalized spacial score (nSPS) is 11.5. The van der Waals surface area contributed by atoms with Crippen molar-refractivity contribution in [3.8, 4) is 0 Å². The fourth-order valence-electron chi connectivity index (χ4n) is 3.95. The molecule has 0 saturated carbocycles. The molecule has 0 aliphatic heterocycles. The highest BCUT2D eigenvalue weighted by Crippen LogP contribution is 2.41. The number of aliphatic hydroxyl groups is 2. The summed E-state index contributed by atoms with van der Waals surface area (Å²) in [7, 11) is 0. The molecule has 0 saturated heterocycles. The molecule has 4 rings (SSSR count). The van der Waals surface area contributed by atoms with Crippen molar-refractivity contribution in [3.05, 3.63) is 125 Å². The molecule has 3 aromatic carbocycles. The van der Waals surface area contributed by atoms with Crippen LogP contribution < -0.4 is 0 Å². The van der Waals surface area contributed by atoms with E-state index in [-0.39, 0.29) is 13.2 Å². The molecule has 4 aromatic rings. The molecule has 0 spiro atoms. The molecule has 0 radical (unpaired) electrons. The van der Waals surface area contributed by atoms with E-state index < -0.39 is 5.54 Å². The quantitative estimate of drug-likeness (QED) is 0.509. The maximum absolute atomic E-state index is 10.2. The van der Waals surface area contributed by atoms with Crippen molar-refractivity contribution in [1.82, 2.24) is 9.55 Å². The molecule has 1 heterocycles. The van der Waals surface area contributed by atoms with Crippen molar-refractivity contribution in [1.29, 1.82) is 0 Å². The fraction of sp³-hybridized carbons (Fsp3) is 0.125. The van der Waals surface area contributed by atoms with Crippen LogP contribution in [0.15, 0.2) is 97.3 Å². The van der Waals surface area contributed by atoms with Gasteiger partial charge in [0.25, 0.3) is 0 Å². The summed E-state index contributed by atoms with van der Waals surface area (Å²) in [5, 5.41) is 19.9. The summed E-state index contributed by atoms with van der Waals surface area (Å²) in [6.07, 6.45) is 1.71. The second-order valence-corrected chi connectivity index (χ2v) is 6.63. The van der Waals surface area contributed by atoms with Gasteiger partial charge in [-0.05, 0) is 16.7 Å². The van der Waals surface area contributed by atoms with E-state index in [0.29, 0.717) is 11.4 Å². The Hall–Kier alpha value is -3.21. The number of nitrogens with zero attached hydrogens (tertiary/aromatic N) is 2. The summed E-state index contributed by atoms with van der Waals surface area (Å²) in [6.45, 7) is -0.443. The van der Waals surface area contributed by atoms with E-state index in [0.717, 1.165) is 16.7 Å². The van der Waals surface area contributed by atoms with E-state index in [4.69, 9.17) is 0 Å². The molecule has 1 aromatic heterocycles. The van der Waals surface area contributed by atoms with Gasteiger partial charge >= 0.3 is 0 Å². The zero-order valence-electron chi connectivity index (χ0n) is 15.4. The first-order valence-corrected chi connectivity index (χ1v) is 9.26. The highest BCUT2D eigenvalue weighted by molar-refractivity contribution is 5.51. The van der Waals surface area contributed by atoms with Crippen LogP contribution in [0.2, 0.25) is 0 Å². The van der Waals surface area contributed by atoms with Crippen LogP contribution in [0.5, 0.6) is 0 Å². The molecule has 140 valence electrons. The minimum atomic E-state index is -0.734. The highest BCUT2D eigenvalue weighted by atomic mass is 16.3. The van der Waals surface area contributed by atoms with Crippen LogP contribution in [0.25, 0.3) is 0 Å². The van der Waals surface area contributed by atoms with Crippen LogP contribution in [0, 0.1) is 0 Å². The predicted molar refractivity (Wildman–Crippen MR) is 109 cm³/mol. The summed E-state index contributed by atoms with van der Waals surface area (Å²) < 4.78 is 1.98. The Morgan fingerprint density at radius 3 is 1.43 bits per heavy atom. The number of benzene rings is 3. The van der Waals surface area contributed by atoms with E-state index in [9.17, 15) is 10.2 Å². The largest absolute Gasteiger partial charge is 0.390 e. The second-order valence-electron chi connectivity index (χ2n) is 6.63. The third-order valence-corrected chi connectivity index (χ3v) is 5.19. The lowest BCUT2D eigenvalue weighted by Gasteiger charge is -2.38. The average Bonchev–Trinajstić information content (AvgIpc) is 3.20. The first-order valence-electron chi connectivity index (χ1n) is 9.26. The van der Waals surface area contributed by atoms with E-state index >= 15 is 0 Å². The van der Waals surface area contributed by atoms with E-state index in [1.807, 2.05) is 59.2 Å². The zero-order valence-corrected chi connectivity index (χ0v) is 15.4. The van der Waals surface area contributed by atoms with Crippen molar-refractivity contribution >= 4 is 0 Å². The van der Waals surface area contributed by atoms with Crippen LogP contribution in [-0.4, -0.2) is 19.8 Å². The molecular weight excluding hydrogens is 348 g/mol. The lowest BCUT2D eigenvalue weighted by molar-refractivity contribution is 0.246. The van der Waals surface area contributed by atoms with Crippen LogP contribution in [0.4, 0.5) is 0 Å². The number of hydrogen-bond donors (Lipinski definition) is 2. The van der Waals surface area contributed by atoms with Crippen molar-refractivity contribution in [2.24, 2.45) is 0 Å². The van der Waals surface area contributed by atoms with Gasteiger partial charge in [0.1, 0.15) is 5.54 Å². The standard InChI is InChI=1S/C24H22N2O2/c27-16-22-23(17-28)26(18-25-22)24(19-10-4-1-5-11-19,20-12-6-2-7-13-20)21-14-8-3-9-15-21/h1-15,18,27-28H,16-17H2. The molecule has 0 amide bonds. The van der Waals surface area contributed by atoms with Gasteiger partial charge < -0.3 is 14.8 Å². The van der Waals surface area contributed by atoms with E-state index in [1.54, 1.807) is 6.33 Å². The van der Waals surface area contributed by atoms with Crippen molar-refractivity contribution < 1.29 is 10.2 Å². The molecule has 4 nitrogen and oxygen atoms in total. The minimum Gasteiger partial charge on any atom is -0.390 e. The molecular formula is C24H22N2O2. The van der Waals surface area contributed by atoms with Gasteiger partial charge in [-0.1, -0.05) is 91.0 Å². The molecule has 0 unspecified atom stereocenters. The van der Waals surface area contributed by atoms with Gasteiger partial charge in [-0.2, -0.15) is 0 Å². The Bertz CT molecular complexity index is 932. The zero-order chi connectivity index (χ0) is 19.4. The van der Waals surface area contributed by atoms with Crippen LogP contribution in [0.1, 0.15) is 28.1 Å². The van der Waals surface area contributed by atoms with Gasteiger partial charge in [0.05, 0.1) is 30.9 Å². The van der Waals surface area contributed by atoms with Gasteiger partial charge in [0.15, 0.2) is 0 Å². The summed E-state index contributed by atoms with van der Waals surface area (Å²) in [6, 6.07) is 30.5. The minimum absolute atomic E-state index is 0.218. The number of hydrogen-bond acceptors (Lipinski definition) is 3. The van der Waals surface area contributed by atoms with Gasteiger partial charge in [-0.25, -0.2) is 4.98 Å². The summed E-state index contributed by atoms with van der Waals surface area (Å²) >= 11 is 0. The fourth-order valence-corrected chi connectivity index (χ4v) is 3.95. The SMILES string of the molecule is OCc1ncn(C(c2ccccc2)(c2ccccc2)c2ccccc2)c1CO. The van der Waals surface area contributed by atoms with Crippen molar-refractivity contribution in [2.45, 2.75) is 18.8 Å². The third kappa shape index (κ3) is 2.83. The molecule has 28 heavy (non-hydrogen) atoms. The summed E-state index contributed by atoms with van der Waals surface area (Å²) in [5.41, 5.74) is 3.48. The van der Waals surface area contributed by atoms with Gasteiger partial charge in [0, 0.05) is 0 Å². The smallest absolute Gasteiger partial charge is 0.122 e. The van der Waals surface area contributed by atoms with E-state index in [1.165, 1.54) is 0 Å². The maximum atomic E-state index is 10.2. The third-order valence-electron chi connectivity index (χ3n) is 5.19. The highest BCUT2D eigenvalue weighted by Gasteiger charge is 2.40. The van der Waals surface area contributed by atoms with Crippen molar-refractivity contribution in [3.63, 3.8) is 0 Å². The monoisotopic (exact) mass is 370 g/mol. The molecule has 0 bridgehead atoms. The Labute approximate surface area is 164 Å². The van der Waals surface area contributed by atoms with Crippen LogP contribution in [-0.2, 0) is 18.8 Å². The van der Waals surface area contributed by atoms with Gasteiger partial charge in [-0.15, -0.1) is 0 Å². The molecule has 0 atom stereocenters. The Kier molecular flexibility index (Phi) is 5.06. The van der Waals surface area contributed by atoms with Gasteiger partial charge in [0.2, 0.25) is 0 Å². The number of imidazole rings is 1. The van der Waals surface area contributed by atoms with Gasteiger partial charge in [-0.3, -0.25) is 0 Å². The Balaban J connectivity index is 2.16. The molecule has 4 heteroatoms. The first kappa shape index (κ1) is 18.2. The molecule has 0 fully saturated rings. The number of rotatable bonds is 6. The Morgan fingerprint density at radius 2 is 1.07 bits per heavy atom. The molecule has 2 N–H and O–H groups in total. The molecule has 0 aliphatic rings. The molecule has 0 aliphatic carbocycles. The van der Waals surface area contributed by atoms with Crippen molar-refractivity contribution in [2.75, 3.05) is 0 Å². The lowest BCUT2D eigenvalue weighted by atomic mass is 9.76. The average molecular weight is 370 g/mol. The van der Waals surface area contributed by atoms with Crippen LogP contribution >= 0.6 is 0 Å². The predicted octanol–water partition coefficient (Wildman–Crippen LogP) is 3.71. The number of aromatic nitrogens is 2. The summed E-state index contributed by atoms with van der Waals surface area (Å²) in [5.74, 6) is 0. The lowest BCUT2D eigenvalue weighted by Crippen LogP contribution is -2.38.